The molecule has 16 heavy (non-hydrogen) atoms. The molecule has 4 nitrogen and oxygen atoms in total. The smallest absolute Gasteiger partial charge is 0.260 e. The molecule has 0 bridgehead atoms. The Morgan fingerprint density at radius 1 is 1.62 bits per heavy atom. The molecule has 0 heterocycles. The van der Waals surface area contributed by atoms with Crippen LogP contribution in [-0.2, 0) is 11.3 Å². The Labute approximate surface area is 93.6 Å². The van der Waals surface area contributed by atoms with E-state index in [1.54, 1.807) is 19.1 Å². The predicted octanol–water partition coefficient (Wildman–Crippen LogP) is 0.798. The van der Waals surface area contributed by atoms with Crippen molar-refractivity contribution in [3.8, 4) is 5.75 Å². The number of likely N-dealkylation sites (N-methyl/N-ethyl adjacent to an activating group) is 1. The molecule has 88 valence electrons. The molecule has 1 atom stereocenters. The third kappa shape index (κ3) is 2.70. The zero-order valence-corrected chi connectivity index (χ0v) is 9.29. The Morgan fingerprint density at radius 3 is 2.88 bits per heavy atom. The van der Waals surface area contributed by atoms with Gasteiger partial charge in [-0.2, -0.15) is 0 Å². The topological polar surface area (TPSA) is 64.3 Å². The van der Waals surface area contributed by atoms with Crippen molar-refractivity contribution >= 4 is 5.91 Å². The van der Waals surface area contributed by atoms with Crippen LogP contribution in [0.5, 0.6) is 5.75 Å². The van der Waals surface area contributed by atoms with Crippen LogP contribution in [-0.4, -0.2) is 19.1 Å². The number of nitrogens with one attached hydrogen (secondary N) is 1. The molecule has 3 N–H and O–H groups in total. The van der Waals surface area contributed by atoms with Crippen LogP contribution in [0.4, 0.5) is 4.39 Å². The summed E-state index contributed by atoms with van der Waals surface area (Å²) in [7, 11) is 1.49. The van der Waals surface area contributed by atoms with Crippen molar-refractivity contribution in [3.05, 3.63) is 29.6 Å². The van der Waals surface area contributed by atoms with Gasteiger partial charge in [-0.05, 0) is 13.0 Å². The van der Waals surface area contributed by atoms with E-state index < -0.39 is 11.9 Å². The van der Waals surface area contributed by atoms with Crippen molar-refractivity contribution in [2.24, 2.45) is 5.73 Å². The van der Waals surface area contributed by atoms with E-state index in [0.29, 0.717) is 5.56 Å². The summed E-state index contributed by atoms with van der Waals surface area (Å²) in [4.78, 5) is 11.2. The maximum Gasteiger partial charge on any atom is 0.260 e. The van der Waals surface area contributed by atoms with Gasteiger partial charge in [0.05, 0.1) is 0 Å². The van der Waals surface area contributed by atoms with E-state index in [-0.39, 0.29) is 18.2 Å². The van der Waals surface area contributed by atoms with Gasteiger partial charge in [0.1, 0.15) is 0 Å². The van der Waals surface area contributed by atoms with Crippen LogP contribution < -0.4 is 15.8 Å². The molecule has 1 unspecified atom stereocenters. The SMILES string of the molecule is CNC(=O)C(C)Oc1c(F)cccc1CN. The van der Waals surface area contributed by atoms with Crippen molar-refractivity contribution in [2.75, 3.05) is 7.05 Å². The average molecular weight is 226 g/mol. The lowest BCUT2D eigenvalue weighted by molar-refractivity contribution is -0.126. The quantitative estimate of drug-likeness (QED) is 0.798. The summed E-state index contributed by atoms with van der Waals surface area (Å²) in [5, 5.41) is 2.42. The van der Waals surface area contributed by atoms with E-state index in [0.717, 1.165) is 0 Å². The number of nitrogens with two attached hydrogens (primary N) is 1. The number of halogens is 1. The maximum absolute atomic E-state index is 13.5. The molecule has 0 spiro atoms. The normalized spacial score (nSPS) is 12.0. The van der Waals surface area contributed by atoms with E-state index in [2.05, 4.69) is 5.32 Å². The molecule has 1 rings (SSSR count). The van der Waals surface area contributed by atoms with Gasteiger partial charge in [0.15, 0.2) is 17.7 Å². The van der Waals surface area contributed by atoms with Crippen molar-refractivity contribution in [3.63, 3.8) is 0 Å². The highest BCUT2D eigenvalue weighted by atomic mass is 19.1. The summed E-state index contributed by atoms with van der Waals surface area (Å²) in [6.45, 7) is 1.71. The minimum Gasteiger partial charge on any atom is -0.477 e. The van der Waals surface area contributed by atoms with Crippen LogP contribution in [0.2, 0.25) is 0 Å². The predicted molar refractivity (Wildman–Crippen MR) is 58.4 cm³/mol. The summed E-state index contributed by atoms with van der Waals surface area (Å²) in [5.74, 6) is -0.786. The van der Waals surface area contributed by atoms with Gasteiger partial charge in [0.25, 0.3) is 5.91 Å². The second-order valence-electron chi connectivity index (χ2n) is 3.31. The molecule has 0 radical (unpaired) electrons. The zero-order chi connectivity index (χ0) is 12.1. The molecule has 0 aromatic heterocycles. The first-order chi connectivity index (χ1) is 7.60. The van der Waals surface area contributed by atoms with Gasteiger partial charge in [0, 0.05) is 19.2 Å². The first-order valence-electron chi connectivity index (χ1n) is 4.95. The van der Waals surface area contributed by atoms with Crippen LogP contribution >= 0.6 is 0 Å². The summed E-state index contributed by atoms with van der Waals surface area (Å²) in [6.07, 6.45) is -0.757. The first kappa shape index (κ1) is 12.4. The largest absolute Gasteiger partial charge is 0.477 e. The fourth-order valence-corrected chi connectivity index (χ4v) is 1.28. The molecule has 0 saturated heterocycles. The number of ether oxygens (including phenoxy) is 1. The highest BCUT2D eigenvalue weighted by Gasteiger charge is 2.17. The number of hydrogen-bond donors (Lipinski definition) is 2. The number of carbonyl (C=O) groups is 1. The third-order valence-electron chi connectivity index (χ3n) is 2.18. The van der Waals surface area contributed by atoms with E-state index in [9.17, 15) is 9.18 Å². The Bertz CT molecular complexity index is 382. The molecule has 0 fully saturated rings. The molecule has 0 saturated carbocycles. The van der Waals surface area contributed by atoms with Crippen molar-refractivity contribution in [2.45, 2.75) is 19.6 Å². The fourth-order valence-electron chi connectivity index (χ4n) is 1.28. The number of hydrogen-bond acceptors (Lipinski definition) is 3. The highest BCUT2D eigenvalue weighted by molar-refractivity contribution is 5.80. The first-order valence-corrected chi connectivity index (χ1v) is 4.95. The van der Waals surface area contributed by atoms with E-state index in [1.807, 2.05) is 0 Å². The van der Waals surface area contributed by atoms with E-state index in [1.165, 1.54) is 13.1 Å². The molecule has 0 aliphatic rings. The lowest BCUT2D eigenvalue weighted by Gasteiger charge is -2.16. The molecule has 0 aliphatic heterocycles. The lowest BCUT2D eigenvalue weighted by Crippen LogP contribution is -2.34. The molecule has 1 amide bonds. The van der Waals surface area contributed by atoms with Gasteiger partial charge >= 0.3 is 0 Å². The van der Waals surface area contributed by atoms with Crippen LogP contribution in [0.1, 0.15) is 12.5 Å². The Hall–Kier alpha value is -1.62. The zero-order valence-electron chi connectivity index (χ0n) is 9.29. The Kier molecular flexibility index (Phi) is 4.25. The number of rotatable bonds is 4. The second-order valence-corrected chi connectivity index (χ2v) is 3.31. The van der Waals surface area contributed by atoms with Crippen LogP contribution in [0.3, 0.4) is 0 Å². The van der Waals surface area contributed by atoms with Gasteiger partial charge in [0.2, 0.25) is 0 Å². The standard InChI is InChI=1S/C11H15FN2O2/c1-7(11(15)14-2)16-10-8(6-13)4-3-5-9(10)12/h3-5,7H,6,13H2,1-2H3,(H,14,15). The number of carbonyl (C=O) groups excluding carboxylic acids is 1. The van der Waals surface area contributed by atoms with Crippen LogP contribution in [0.25, 0.3) is 0 Å². The minimum atomic E-state index is -0.757. The molecule has 5 heteroatoms. The van der Waals surface area contributed by atoms with E-state index >= 15 is 0 Å². The minimum absolute atomic E-state index is 0.0427. The summed E-state index contributed by atoms with van der Waals surface area (Å²) in [5.41, 5.74) is 5.99. The van der Waals surface area contributed by atoms with Crippen molar-refractivity contribution in [1.29, 1.82) is 0 Å². The van der Waals surface area contributed by atoms with Gasteiger partial charge in [-0.3, -0.25) is 4.79 Å². The molecule has 0 aliphatic carbocycles. The lowest BCUT2D eigenvalue weighted by atomic mass is 10.2. The second kappa shape index (κ2) is 5.46. The molecule has 1 aromatic carbocycles. The number of amides is 1. The fraction of sp³-hybridized carbons (Fsp3) is 0.364. The summed E-state index contributed by atoms with van der Waals surface area (Å²) in [6, 6.07) is 4.48. The van der Waals surface area contributed by atoms with Gasteiger partial charge in [-0.1, -0.05) is 12.1 Å². The third-order valence-corrected chi connectivity index (χ3v) is 2.18. The number of benzene rings is 1. The highest BCUT2D eigenvalue weighted by Crippen LogP contribution is 2.23. The molecular formula is C11H15FN2O2. The van der Waals surface area contributed by atoms with Crippen molar-refractivity contribution < 1.29 is 13.9 Å². The van der Waals surface area contributed by atoms with Crippen LogP contribution in [0, 0.1) is 5.82 Å². The van der Waals surface area contributed by atoms with Gasteiger partial charge in [-0.25, -0.2) is 4.39 Å². The monoisotopic (exact) mass is 226 g/mol. The Morgan fingerprint density at radius 2 is 2.31 bits per heavy atom. The van der Waals surface area contributed by atoms with Gasteiger partial charge in [-0.15, -0.1) is 0 Å². The maximum atomic E-state index is 13.5. The number of para-hydroxylation sites is 1. The average Bonchev–Trinajstić information content (AvgIpc) is 2.30. The molecular weight excluding hydrogens is 211 g/mol. The Balaban J connectivity index is 2.91. The molecule has 1 aromatic rings. The van der Waals surface area contributed by atoms with Crippen molar-refractivity contribution in [1.82, 2.24) is 5.32 Å². The summed E-state index contributed by atoms with van der Waals surface area (Å²) >= 11 is 0. The van der Waals surface area contributed by atoms with Crippen LogP contribution in [0.15, 0.2) is 18.2 Å². The van der Waals surface area contributed by atoms with E-state index in [4.69, 9.17) is 10.5 Å². The van der Waals surface area contributed by atoms with Gasteiger partial charge < -0.3 is 15.8 Å². The summed E-state index contributed by atoms with van der Waals surface area (Å²) < 4.78 is 18.7.